The minimum atomic E-state index is 0.873. The molecule has 0 bridgehead atoms. The number of nitrogens with one attached hydrogen (secondary N) is 1. The van der Waals surface area contributed by atoms with Crippen LogP contribution in [0.3, 0.4) is 0 Å². The van der Waals surface area contributed by atoms with Crippen molar-refractivity contribution in [1.82, 2.24) is 5.32 Å². The van der Waals surface area contributed by atoms with Crippen molar-refractivity contribution in [2.24, 2.45) is 11.7 Å². The molecule has 1 saturated heterocycles. The Bertz CT molecular complexity index is 200. The summed E-state index contributed by atoms with van der Waals surface area (Å²) in [5.41, 5.74) is 5.50. The maximum absolute atomic E-state index is 5.50. The van der Waals surface area contributed by atoms with Crippen molar-refractivity contribution in [3.8, 4) is 0 Å². The zero-order valence-corrected chi connectivity index (χ0v) is 14.4. The molecule has 0 amide bonds. The third kappa shape index (κ3) is 12.2. The van der Waals surface area contributed by atoms with Gasteiger partial charge in [-0.05, 0) is 44.8 Å². The Morgan fingerprint density at radius 3 is 1.52 bits per heavy atom. The van der Waals surface area contributed by atoms with Crippen LogP contribution < -0.4 is 11.1 Å². The lowest BCUT2D eigenvalue weighted by Crippen LogP contribution is -2.27. The highest BCUT2D eigenvalue weighted by Gasteiger charge is 2.11. The lowest BCUT2D eigenvalue weighted by atomic mass is 9.92. The monoisotopic (exact) mass is 296 g/mol. The van der Waals surface area contributed by atoms with E-state index in [1.54, 1.807) is 0 Å². The first-order chi connectivity index (χ1) is 10.4. The van der Waals surface area contributed by atoms with Gasteiger partial charge in [0.2, 0.25) is 0 Å². The summed E-state index contributed by atoms with van der Waals surface area (Å²) in [5, 5.41) is 3.46. The van der Waals surface area contributed by atoms with Gasteiger partial charge in [-0.15, -0.1) is 0 Å². The fourth-order valence-electron chi connectivity index (χ4n) is 3.52. The fourth-order valence-corrected chi connectivity index (χ4v) is 3.52. The first-order valence-electron chi connectivity index (χ1n) is 9.84. The van der Waals surface area contributed by atoms with Gasteiger partial charge >= 0.3 is 0 Å². The molecular formula is C19H40N2. The Kier molecular flexibility index (Phi) is 13.4. The minimum absolute atomic E-state index is 0.873. The van der Waals surface area contributed by atoms with E-state index in [2.05, 4.69) is 5.32 Å². The third-order valence-corrected chi connectivity index (χ3v) is 5.03. The van der Waals surface area contributed by atoms with E-state index in [9.17, 15) is 0 Å². The van der Waals surface area contributed by atoms with Crippen molar-refractivity contribution in [1.29, 1.82) is 0 Å². The molecule has 0 aromatic rings. The van der Waals surface area contributed by atoms with Crippen LogP contribution in [-0.2, 0) is 0 Å². The second kappa shape index (κ2) is 14.8. The molecule has 2 nitrogen and oxygen atoms in total. The average molecular weight is 297 g/mol. The van der Waals surface area contributed by atoms with E-state index in [-0.39, 0.29) is 0 Å². The summed E-state index contributed by atoms with van der Waals surface area (Å²) in [6, 6.07) is 0. The normalized spacial score (nSPS) is 16.4. The van der Waals surface area contributed by atoms with Crippen LogP contribution in [0.25, 0.3) is 0 Å². The van der Waals surface area contributed by atoms with Crippen LogP contribution >= 0.6 is 0 Å². The molecule has 0 aliphatic carbocycles. The molecule has 2 heteroatoms. The average Bonchev–Trinajstić information content (AvgIpc) is 2.53. The van der Waals surface area contributed by atoms with Crippen LogP contribution in [0.1, 0.15) is 96.3 Å². The highest BCUT2D eigenvalue weighted by molar-refractivity contribution is 4.68. The Morgan fingerprint density at radius 1 is 0.619 bits per heavy atom. The van der Waals surface area contributed by atoms with Gasteiger partial charge in [0, 0.05) is 0 Å². The van der Waals surface area contributed by atoms with E-state index >= 15 is 0 Å². The van der Waals surface area contributed by atoms with Gasteiger partial charge in [-0.25, -0.2) is 0 Å². The topological polar surface area (TPSA) is 38.0 Å². The van der Waals surface area contributed by atoms with Gasteiger partial charge in [0.25, 0.3) is 0 Å². The van der Waals surface area contributed by atoms with Crippen molar-refractivity contribution in [2.75, 3.05) is 19.6 Å². The molecule has 0 aromatic carbocycles. The molecule has 0 saturated carbocycles. The van der Waals surface area contributed by atoms with E-state index in [4.69, 9.17) is 5.73 Å². The first kappa shape index (κ1) is 19.0. The molecule has 0 spiro atoms. The zero-order chi connectivity index (χ0) is 15.0. The Hall–Kier alpha value is -0.0800. The second-order valence-corrected chi connectivity index (χ2v) is 7.01. The Morgan fingerprint density at radius 2 is 1.05 bits per heavy atom. The molecule has 1 aliphatic rings. The molecule has 1 aliphatic heterocycles. The summed E-state index contributed by atoms with van der Waals surface area (Å²) in [6.45, 7) is 3.39. The molecule has 0 radical (unpaired) electrons. The van der Waals surface area contributed by atoms with E-state index in [0.717, 1.165) is 12.5 Å². The highest BCUT2D eigenvalue weighted by atomic mass is 14.9. The molecule has 0 aromatic heterocycles. The van der Waals surface area contributed by atoms with Gasteiger partial charge in [-0.3, -0.25) is 0 Å². The van der Waals surface area contributed by atoms with Gasteiger partial charge in [-0.2, -0.15) is 0 Å². The molecule has 21 heavy (non-hydrogen) atoms. The van der Waals surface area contributed by atoms with Crippen LogP contribution in [-0.4, -0.2) is 19.6 Å². The first-order valence-corrected chi connectivity index (χ1v) is 9.84. The largest absolute Gasteiger partial charge is 0.330 e. The summed E-state index contributed by atoms with van der Waals surface area (Å²) in [7, 11) is 0. The van der Waals surface area contributed by atoms with Gasteiger partial charge in [0.1, 0.15) is 0 Å². The molecule has 126 valence electrons. The number of nitrogens with two attached hydrogens (primary N) is 1. The molecule has 3 N–H and O–H groups in total. The van der Waals surface area contributed by atoms with Crippen LogP contribution in [0.15, 0.2) is 0 Å². The number of piperidine rings is 1. The quantitative estimate of drug-likeness (QED) is 0.442. The lowest BCUT2D eigenvalue weighted by Gasteiger charge is -2.22. The van der Waals surface area contributed by atoms with E-state index in [1.165, 1.54) is 109 Å². The van der Waals surface area contributed by atoms with Crippen LogP contribution in [0, 0.1) is 5.92 Å². The molecule has 0 atom stereocenters. The maximum atomic E-state index is 5.50. The second-order valence-electron chi connectivity index (χ2n) is 7.01. The lowest BCUT2D eigenvalue weighted by molar-refractivity contribution is 0.342. The van der Waals surface area contributed by atoms with Crippen molar-refractivity contribution in [3.63, 3.8) is 0 Å². The van der Waals surface area contributed by atoms with Crippen molar-refractivity contribution < 1.29 is 0 Å². The van der Waals surface area contributed by atoms with Crippen LogP contribution in [0.2, 0.25) is 0 Å². The van der Waals surface area contributed by atoms with Gasteiger partial charge < -0.3 is 11.1 Å². The molecule has 1 fully saturated rings. The number of hydrogen-bond acceptors (Lipinski definition) is 2. The number of rotatable bonds is 14. The number of unbranched alkanes of at least 4 members (excludes halogenated alkanes) is 11. The SMILES string of the molecule is NCCCCCCCCCCCCCCC1CCNCC1. The van der Waals surface area contributed by atoms with Crippen molar-refractivity contribution >= 4 is 0 Å². The van der Waals surface area contributed by atoms with E-state index in [0.29, 0.717) is 0 Å². The van der Waals surface area contributed by atoms with E-state index < -0.39 is 0 Å². The molecule has 0 unspecified atom stereocenters. The highest BCUT2D eigenvalue weighted by Crippen LogP contribution is 2.20. The van der Waals surface area contributed by atoms with Crippen LogP contribution in [0.5, 0.6) is 0 Å². The fraction of sp³-hybridized carbons (Fsp3) is 1.00. The predicted molar refractivity (Wildman–Crippen MR) is 94.7 cm³/mol. The van der Waals surface area contributed by atoms with Gasteiger partial charge in [-0.1, -0.05) is 77.0 Å². The summed E-state index contributed by atoms with van der Waals surface area (Å²) < 4.78 is 0. The zero-order valence-electron chi connectivity index (χ0n) is 14.4. The standard InChI is InChI=1S/C19H40N2/c20-16-12-10-8-6-4-2-1-3-5-7-9-11-13-19-14-17-21-18-15-19/h19,21H,1-18,20H2. The van der Waals surface area contributed by atoms with Crippen molar-refractivity contribution in [2.45, 2.75) is 96.3 Å². The maximum Gasteiger partial charge on any atom is -0.00463 e. The minimum Gasteiger partial charge on any atom is -0.330 e. The summed E-state index contributed by atoms with van der Waals surface area (Å²) >= 11 is 0. The molecule has 1 rings (SSSR count). The van der Waals surface area contributed by atoms with E-state index in [1.807, 2.05) is 0 Å². The van der Waals surface area contributed by atoms with Gasteiger partial charge in [0.05, 0.1) is 0 Å². The summed E-state index contributed by atoms with van der Waals surface area (Å²) in [6.07, 6.45) is 21.4. The predicted octanol–water partition coefficient (Wildman–Crippen LogP) is 5.02. The third-order valence-electron chi connectivity index (χ3n) is 5.03. The molecule has 1 heterocycles. The smallest absolute Gasteiger partial charge is 0.00463 e. The summed E-state index contributed by atoms with van der Waals surface area (Å²) in [5.74, 6) is 1.03. The Balaban J connectivity index is 1.69. The van der Waals surface area contributed by atoms with Crippen LogP contribution in [0.4, 0.5) is 0 Å². The Labute approximate surface area is 133 Å². The summed E-state index contributed by atoms with van der Waals surface area (Å²) in [4.78, 5) is 0. The molecular weight excluding hydrogens is 256 g/mol. The number of hydrogen-bond donors (Lipinski definition) is 2. The van der Waals surface area contributed by atoms with Gasteiger partial charge in [0.15, 0.2) is 0 Å². The van der Waals surface area contributed by atoms with Crippen molar-refractivity contribution in [3.05, 3.63) is 0 Å².